The summed E-state index contributed by atoms with van der Waals surface area (Å²) in [4.78, 5) is 0.290. The Labute approximate surface area is 111 Å². The van der Waals surface area contributed by atoms with Crippen molar-refractivity contribution in [1.29, 1.82) is 0 Å². The van der Waals surface area contributed by atoms with Crippen molar-refractivity contribution < 1.29 is 8.42 Å². The molecule has 94 valence electrons. The van der Waals surface area contributed by atoms with Gasteiger partial charge in [0.2, 0.25) is 10.0 Å². The summed E-state index contributed by atoms with van der Waals surface area (Å²) >= 11 is 3.32. The van der Waals surface area contributed by atoms with Crippen molar-refractivity contribution in [2.75, 3.05) is 0 Å². The Morgan fingerprint density at radius 3 is 2.47 bits per heavy atom. The summed E-state index contributed by atoms with van der Waals surface area (Å²) in [5.41, 5.74) is 1.04. The first-order valence-corrected chi connectivity index (χ1v) is 7.88. The van der Waals surface area contributed by atoms with Crippen LogP contribution in [0.2, 0.25) is 0 Å². The molecule has 0 saturated carbocycles. The second-order valence-corrected chi connectivity index (χ2v) is 6.10. The fourth-order valence-electron chi connectivity index (χ4n) is 1.39. The van der Waals surface area contributed by atoms with Crippen molar-refractivity contribution in [2.24, 2.45) is 0 Å². The summed E-state index contributed by atoms with van der Waals surface area (Å²) in [7, 11) is -3.42. The van der Waals surface area contributed by atoms with E-state index in [9.17, 15) is 8.42 Å². The highest BCUT2D eigenvalue weighted by Gasteiger charge is 2.16. The molecule has 0 aliphatic heterocycles. The second kappa shape index (κ2) is 6.33. The molecule has 0 radical (unpaired) electrons. The molecule has 1 rings (SSSR count). The van der Waals surface area contributed by atoms with Crippen LogP contribution in [0.5, 0.6) is 0 Å². The van der Waals surface area contributed by atoms with E-state index in [4.69, 9.17) is 0 Å². The highest BCUT2D eigenvalue weighted by atomic mass is 79.9. The van der Waals surface area contributed by atoms with Crippen LogP contribution in [0, 0.1) is 0 Å². The molecule has 1 aromatic rings. The van der Waals surface area contributed by atoms with E-state index in [2.05, 4.69) is 27.2 Å². The summed E-state index contributed by atoms with van der Waals surface area (Å²) < 4.78 is 26.5. The van der Waals surface area contributed by atoms with E-state index in [-0.39, 0.29) is 10.9 Å². The molecular weight excluding hydrogens is 302 g/mol. The fraction of sp³-hybridized carbons (Fsp3) is 0.333. The molecule has 0 aliphatic rings. The highest BCUT2D eigenvalue weighted by Crippen LogP contribution is 2.13. The van der Waals surface area contributed by atoms with Crippen LogP contribution < -0.4 is 4.72 Å². The average Bonchev–Trinajstić information content (AvgIpc) is 2.28. The van der Waals surface area contributed by atoms with Gasteiger partial charge in [0, 0.05) is 11.4 Å². The minimum absolute atomic E-state index is 0.145. The molecule has 0 heterocycles. The predicted molar refractivity (Wildman–Crippen MR) is 73.7 cm³/mol. The minimum Gasteiger partial charge on any atom is -0.208 e. The topological polar surface area (TPSA) is 46.2 Å². The number of alkyl halides is 1. The van der Waals surface area contributed by atoms with Gasteiger partial charge in [0.15, 0.2) is 0 Å². The molecule has 0 saturated heterocycles. The van der Waals surface area contributed by atoms with Crippen molar-refractivity contribution >= 4 is 26.0 Å². The van der Waals surface area contributed by atoms with Crippen molar-refractivity contribution in [3.8, 4) is 0 Å². The number of halogens is 1. The van der Waals surface area contributed by atoms with Gasteiger partial charge in [-0.2, -0.15) is 0 Å². The third kappa shape index (κ3) is 4.26. The van der Waals surface area contributed by atoms with E-state index >= 15 is 0 Å². The lowest BCUT2D eigenvalue weighted by atomic mass is 10.2. The Bertz CT molecular complexity index is 468. The lowest BCUT2D eigenvalue weighted by molar-refractivity contribution is 0.562. The fourth-order valence-corrected chi connectivity index (χ4v) is 3.02. The summed E-state index contributed by atoms with van der Waals surface area (Å²) in [6.45, 7) is 5.40. The molecule has 17 heavy (non-hydrogen) atoms. The molecule has 3 nitrogen and oxygen atoms in total. The Morgan fingerprint density at radius 2 is 2.00 bits per heavy atom. The minimum atomic E-state index is -3.42. The number of sulfonamides is 1. The maximum Gasteiger partial charge on any atom is 0.240 e. The van der Waals surface area contributed by atoms with Crippen LogP contribution in [0.4, 0.5) is 0 Å². The average molecular weight is 318 g/mol. The molecule has 0 fully saturated rings. The lowest BCUT2D eigenvalue weighted by Gasteiger charge is -2.12. The van der Waals surface area contributed by atoms with Crippen LogP contribution in [0.25, 0.3) is 0 Å². The van der Waals surface area contributed by atoms with Crippen LogP contribution >= 0.6 is 15.9 Å². The first-order valence-electron chi connectivity index (χ1n) is 5.27. The van der Waals surface area contributed by atoms with E-state index in [1.54, 1.807) is 30.3 Å². The summed E-state index contributed by atoms with van der Waals surface area (Å²) in [5, 5.41) is 0.716. The Balaban J connectivity index is 2.85. The zero-order valence-electron chi connectivity index (χ0n) is 9.69. The zero-order chi connectivity index (χ0) is 12.9. The lowest BCUT2D eigenvalue weighted by Crippen LogP contribution is -2.32. The molecule has 0 aliphatic carbocycles. The number of hydrogen-bond donors (Lipinski definition) is 1. The number of benzene rings is 1. The normalized spacial score (nSPS) is 13.3. The molecule has 1 aromatic carbocycles. The largest absolute Gasteiger partial charge is 0.240 e. The van der Waals surface area contributed by atoms with Gasteiger partial charge in [-0.05, 0) is 31.0 Å². The molecule has 1 atom stereocenters. The van der Waals surface area contributed by atoms with Gasteiger partial charge in [-0.1, -0.05) is 34.1 Å². The van der Waals surface area contributed by atoms with Gasteiger partial charge in [-0.3, -0.25) is 0 Å². The predicted octanol–water partition coefficient (Wildman–Crippen LogP) is 2.82. The van der Waals surface area contributed by atoms with Gasteiger partial charge in [0.1, 0.15) is 0 Å². The van der Waals surface area contributed by atoms with Crippen LogP contribution in [0.1, 0.15) is 18.9 Å². The van der Waals surface area contributed by atoms with E-state index in [1.165, 1.54) is 0 Å². The van der Waals surface area contributed by atoms with E-state index in [0.29, 0.717) is 11.8 Å². The number of rotatable bonds is 6. The Kier molecular flexibility index (Phi) is 5.36. The molecule has 5 heteroatoms. The molecule has 0 aromatic heterocycles. The van der Waals surface area contributed by atoms with Crippen LogP contribution in [0.3, 0.4) is 0 Å². The zero-order valence-corrected chi connectivity index (χ0v) is 12.1. The van der Waals surface area contributed by atoms with Crippen molar-refractivity contribution in [1.82, 2.24) is 4.72 Å². The van der Waals surface area contributed by atoms with Gasteiger partial charge in [0.05, 0.1) is 4.90 Å². The van der Waals surface area contributed by atoms with Gasteiger partial charge in [-0.25, -0.2) is 13.1 Å². The van der Waals surface area contributed by atoms with Crippen LogP contribution in [-0.2, 0) is 15.4 Å². The maximum absolute atomic E-state index is 12.0. The highest BCUT2D eigenvalue weighted by molar-refractivity contribution is 9.08. The quantitative estimate of drug-likeness (QED) is 0.647. The van der Waals surface area contributed by atoms with E-state index < -0.39 is 10.0 Å². The summed E-state index contributed by atoms with van der Waals surface area (Å²) in [6, 6.07) is 6.66. The molecule has 1 unspecified atom stereocenters. The first kappa shape index (κ1) is 14.4. The smallest absolute Gasteiger partial charge is 0.208 e. The van der Waals surface area contributed by atoms with E-state index in [1.807, 2.05) is 6.92 Å². The maximum atomic E-state index is 12.0. The van der Waals surface area contributed by atoms with Gasteiger partial charge in [-0.15, -0.1) is 6.58 Å². The summed E-state index contributed by atoms with van der Waals surface area (Å²) in [5.74, 6) is 0. The van der Waals surface area contributed by atoms with Gasteiger partial charge in [0.25, 0.3) is 0 Å². The van der Waals surface area contributed by atoms with Crippen molar-refractivity contribution in [3.63, 3.8) is 0 Å². The van der Waals surface area contributed by atoms with Crippen molar-refractivity contribution in [3.05, 3.63) is 42.5 Å². The summed E-state index contributed by atoms with van der Waals surface area (Å²) in [6.07, 6.45) is 2.31. The molecule has 0 amide bonds. The molecule has 1 N–H and O–H groups in total. The molecular formula is C12H16BrNO2S. The first-order chi connectivity index (χ1) is 7.99. The number of hydrogen-bond acceptors (Lipinski definition) is 2. The SMILES string of the molecule is C=CCC(C)NS(=O)(=O)c1ccc(CBr)cc1. The van der Waals surface area contributed by atoms with Crippen molar-refractivity contribution in [2.45, 2.75) is 29.6 Å². The second-order valence-electron chi connectivity index (χ2n) is 3.82. The molecule has 0 bridgehead atoms. The standard InChI is InChI=1S/C12H16BrNO2S/c1-3-4-10(2)14-17(15,16)12-7-5-11(9-13)6-8-12/h3,5-8,10,14H,1,4,9H2,2H3. The Morgan fingerprint density at radius 1 is 1.41 bits per heavy atom. The van der Waals surface area contributed by atoms with Gasteiger partial charge < -0.3 is 0 Å². The third-order valence-corrected chi connectivity index (χ3v) is 4.52. The van der Waals surface area contributed by atoms with E-state index in [0.717, 1.165) is 5.56 Å². The van der Waals surface area contributed by atoms with Crippen LogP contribution in [-0.4, -0.2) is 14.5 Å². The van der Waals surface area contributed by atoms with Gasteiger partial charge >= 0.3 is 0 Å². The van der Waals surface area contributed by atoms with Crippen LogP contribution in [0.15, 0.2) is 41.8 Å². The number of nitrogens with one attached hydrogen (secondary N) is 1. The molecule has 0 spiro atoms. The third-order valence-electron chi connectivity index (χ3n) is 2.26. The monoisotopic (exact) mass is 317 g/mol. The Hall–Kier alpha value is -0.650.